The van der Waals surface area contributed by atoms with Crippen LogP contribution in [0, 0.1) is 17.3 Å². The van der Waals surface area contributed by atoms with Gasteiger partial charge in [0.1, 0.15) is 5.78 Å². The van der Waals surface area contributed by atoms with Crippen LogP contribution in [-0.4, -0.2) is 5.78 Å². The van der Waals surface area contributed by atoms with E-state index < -0.39 is 0 Å². The van der Waals surface area contributed by atoms with Crippen molar-refractivity contribution in [1.82, 2.24) is 0 Å². The van der Waals surface area contributed by atoms with Crippen LogP contribution in [-0.2, 0) is 4.79 Å². The zero-order valence-electron chi connectivity index (χ0n) is 11.5. The molecule has 94 valence electrons. The molecule has 1 rings (SSSR count). The molecule has 1 fully saturated rings. The molecule has 1 aliphatic rings. The van der Waals surface area contributed by atoms with Gasteiger partial charge in [0.15, 0.2) is 0 Å². The van der Waals surface area contributed by atoms with Gasteiger partial charge in [0.25, 0.3) is 0 Å². The highest BCUT2D eigenvalue weighted by Crippen LogP contribution is 2.33. The molecule has 16 heavy (non-hydrogen) atoms. The molecule has 0 aromatic heterocycles. The van der Waals surface area contributed by atoms with Crippen molar-refractivity contribution in [1.29, 1.82) is 0 Å². The van der Waals surface area contributed by atoms with Gasteiger partial charge in [-0.15, -0.1) is 0 Å². The van der Waals surface area contributed by atoms with E-state index >= 15 is 0 Å². The molecule has 1 saturated carbocycles. The Morgan fingerprint density at radius 1 is 1.06 bits per heavy atom. The molecule has 0 heterocycles. The number of ketones is 1. The predicted octanol–water partition coefficient (Wildman–Crippen LogP) is 4.60. The molecule has 1 nitrogen and oxygen atoms in total. The van der Waals surface area contributed by atoms with Gasteiger partial charge in [-0.05, 0) is 37.0 Å². The fourth-order valence-electron chi connectivity index (χ4n) is 2.59. The zero-order chi connectivity index (χ0) is 12.2. The molecule has 0 amide bonds. The van der Waals surface area contributed by atoms with Crippen LogP contribution in [0.25, 0.3) is 0 Å². The van der Waals surface area contributed by atoms with Crippen molar-refractivity contribution >= 4 is 5.78 Å². The third kappa shape index (κ3) is 4.67. The Balaban J connectivity index is 2.58. The smallest absolute Gasteiger partial charge is 0.135 e. The molecule has 0 aromatic rings. The number of hydrogen-bond donors (Lipinski definition) is 0. The van der Waals surface area contributed by atoms with Crippen molar-refractivity contribution < 1.29 is 4.79 Å². The van der Waals surface area contributed by atoms with Crippen molar-refractivity contribution in [3.8, 4) is 0 Å². The molecule has 0 saturated heterocycles. The molecule has 0 radical (unpaired) electrons. The Hall–Kier alpha value is -0.330. The van der Waals surface area contributed by atoms with Gasteiger partial charge in [-0.25, -0.2) is 0 Å². The van der Waals surface area contributed by atoms with Crippen molar-refractivity contribution in [2.45, 2.75) is 72.6 Å². The third-order valence-corrected chi connectivity index (χ3v) is 4.24. The van der Waals surface area contributed by atoms with Gasteiger partial charge in [0, 0.05) is 12.3 Å². The largest absolute Gasteiger partial charge is 0.299 e. The van der Waals surface area contributed by atoms with E-state index in [1.165, 1.54) is 25.7 Å². The lowest BCUT2D eigenvalue weighted by molar-refractivity contribution is -0.122. The average molecular weight is 224 g/mol. The minimum absolute atomic E-state index is 0.293. The van der Waals surface area contributed by atoms with E-state index in [0.29, 0.717) is 23.0 Å². The number of Topliss-reactive ketones (excluding diaryl/α,β-unsaturated/α-hetero) is 1. The van der Waals surface area contributed by atoms with Crippen molar-refractivity contribution in [2.75, 3.05) is 0 Å². The first-order valence-electron chi connectivity index (χ1n) is 6.93. The Morgan fingerprint density at radius 3 is 2.44 bits per heavy atom. The zero-order valence-corrected chi connectivity index (χ0v) is 11.5. The van der Waals surface area contributed by atoms with Crippen LogP contribution in [0.4, 0.5) is 0 Å². The van der Waals surface area contributed by atoms with E-state index in [-0.39, 0.29) is 0 Å². The second-order valence-corrected chi connectivity index (χ2v) is 6.61. The first-order chi connectivity index (χ1) is 7.41. The summed E-state index contributed by atoms with van der Waals surface area (Å²) in [5.74, 6) is 1.50. The Bertz CT molecular complexity index is 230. The summed E-state index contributed by atoms with van der Waals surface area (Å²) in [6.45, 7) is 9.16. The topological polar surface area (TPSA) is 17.1 Å². The lowest BCUT2D eigenvalue weighted by Gasteiger charge is -2.25. The highest BCUT2D eigenvalue weighted by Gasteiger charge is 2.22. The van der Waals surface area contributed by atoms with E-state index in [2.05, 4.69) is 27.7 Å². The highest BCUT2D eigenvalue weighted by molar-refractivity contribution is 5.80. The molecule has 0 bridgehead atoms. The number of hydrogen-bond acceptors (Lipinski definition) is 1. The van der Waals surface area contributed by atoms with Gasteiger partial charge in [0.05, 0.1) is 0 Å². The lowest BCUT2D eigenvalue weighted by Crippen LogP contribution is -2.13. The molecular formula is C15H28O. The molecular weight excluding hydrogens is 196 g/mol. The lowest BCUT2D eigenvalue weighted by atomic mass is 9.80. The van der Waals surface area contributed by atoms with Crippen LogP contribution in [0.5, 0.6) is 0 Å². The second kappa shape index (κ2) is 5.84. The maximum atomic E-state index is 11.9. The maximum Gasteiger partial charge on any atom is 0.135 e. The van der Waals surface area contributed by atoms with Crippen LogP contribution < -0.4 is 0 Å². The van der Waals surface area contributed by atoms with Crippen molar-refractivity contribution in [3.05, 3.63) is 0 Å². The SMILES string of the molecule is CC1CCC(=O)C(C)CCCC(C)(C)CC1. The molecule has 2 unspecified atom stereocenters. The normalized spacial score (nSPS) is 33.1. The summed E-state index contributed by atoms with van der Waals surface area (Å²) in [7, 11) is 0. The molecule has 1 aliphatic carbocycles. The van der Waals surface area contributed by atoms with Crippen LogP contribution >= 0.6 is 0 Å². The number of carbonyl (C=O) groups is 1. The first kappa shape index (κ1) is 13.7. The first-order valence-corrected chi connectivity index (χ1v) is 6.93. The number of carbonyl (C=O) groups excluding carboxylic acids is 1. The summed E-state index contributed by atoms with van der Waals surface area (Å²) < 4.78 is 0. The fourth-order valence-corrected chi connectivity index (χ4v) is 2.59. The van der Waals surface area contributed by atoms with Gasteiger partial charge in [-0.1, -0.05) is 40.5 Å². The molecule has 0 spiro atoms. The monoisotopic (exact) mass is 224 g/mol. The summed E-state index contributed by atoms with van der Waals surface area (Å²) in [4.78, 5) is 11.9. The van der Waals surface area contributed by atoms with Crippen LogP contribution in [0.3, 0.4) is 0 Å². The second-order valence-electron chi connectivity index (χ2n) is 6.61. The summed E-state index contributed by atoms with van der Waals surface area (Å²) in [6.07, 6.45) is 8.09. The van der Waals surface area contributed by atoms with Gasteiger partial charge >= 0.3 is 0 Å². The average Bonchev–Trinajstić information content (AvgIpc) is 2.23. The van der Waals surface area contributed by atoms with Gasteiger partial charge < -0.3 is 0 Å². The molecule has 1 heteroatoms. The minimum Gasteiger partial charge on any atom is -0.299 e. The van der Waals surface area contributed by atoms with Gasteiger partial charge in [-0.2, -0.15) is 0 Å². The van der Waals surface area contributed by atoms with E-state index in [9.17, 15) is 4.79 Å². The maximum absolute atomic E-state index is 11.9. The minimum atomic E-state index is 0.293. The van der Waals surface area contributed by atoms with E-state index in [0.717, 1.165) is 19.3 Å². The fraction of sp³-hybridized carbons (Fsp3) is 0.933. The predicted molar refractivity (Wildman–Crippen MR) is 69.4 cm³/mol. The summed E-state index contributed by atoms with van der Waals surface area (Å²) in [6, 6.07) is 0. The quantitative estimate of drug-likeness (QED) is 0.588. The van der Waals surface area contributed by atoms with Gasteiger partial charge in [0.2, 0.25) is 0 Å². The van der Waals surface area contributed by atoms with Crippen LogP contribution in [0.1, 0.15) is 72.6 Å². The Morgan fingerprint density at radius 2 is 1.75 bits per heavy atom. The summed E-state index contributed by atoms with van der Waals surface area (Å²) in [5, 5.41) is 0. The van der Waals surface area contributed by atoms with E-state index in [1.807, 2.05) is 0 Å². The standard InChI is InChI=1S/C15H28O/c1-12-7-8-14(16)13(2)6-5-10-15(3,4)11-9-12/h12-13H,5-11H2,1-4H3. The summed E-state index contributed by atoms with van der Waals surface area (Å²) in [5.41, 5.74) is 0.474. The molecule has 0 N–H and O–H groups in total. The van der Waals surface area contributed by atoms with Crippen molar-refractivity contribution in [3.63, 3.8) is 0 Å². The molecule has 2 atom stereocenters. The van der Waals surface area contributed by atoms with E-state index in [1.54, 1.807) is 0 Å². The molecule has 0 aliphatic heterocycles. The molecule has 0 aromatic carbocycles. The Kier molecular flexibility index (Phi) is 5.01. The van der Waals surface area contributed by atoms with E-state index in [4.69, 9.17) is 0 Å². The Labute approximate surface area is 101 Å². The van der Waals surface area contributed by atoms with Crippen LogP contribution in [0.2, 0.25) is 0 Å². The third-order valence-electron chi connectivity index (χ3n) is 4.24. The van der Waals surface area contributed by atoms with Crippen LogP contribution in [0.15, 0.2) is 0 Å². The highest BCUT2D eigenvalue weighted by atomic mass is 16.1. The summed E-state index contributed by atoms with van der Waals surface area (Å²) >= 11 is 0. The van der Waals surface area contributed by atoms with Gasteiger partial charge in [-0.3, -0.25) is 4.79 Å². The number of rotatable bonds is 0. The van der Waals surface area contributed by atoms with Crippen molar-refractivity contribution in [2.24, 2.45) is 17.3 Å².